The van der Waals surface area contributed by atoms with Crippen molar-refractivity contribution < 1.29 is 14.3 Å². The van der Waals surface area contributed by atoms with Gasteiger partial charge in [-0.3, -0.25) is 9.59 Å². The van der Waals surface area contributed by atoms with E-state index in [4.69, 9.17) is 4.74 Å². The first-order valence-corrected chi connectivity index (χ1v) is 10.4. The van der Waals surface area contributed by atoms with Gasteiger partial charge in [-0.1, -0.05) is 97.3 Å². The minimum Gasteiger partial charge on any atom is -0.393 e. The van der Waals surface area contributed by atoms with E-state index in [2.05, 4.69) is 13.8 Å². The predicted molar refractivity (Wildman–Crippen MR) is 101 cm³/mol. The summed E-state index contributed by atoms with van der Waals surface area (Å²) in [5.41, 5.74) is 0. The van der Waals surface area contributed by atoms with Crippen LogP contribution in [0.3, 0.4) is 0 Å². The molecule has 0 aromatic heterocycles. The van der Waals surface area contributed by atoms with Crippen LogP contribution in [0.1, 0.15) is 123 Å². The number of rotatable bonds is 17. The van der Waals surface area contributed by atoms with Crippen molar-refractivity contribution in [3.63, 3.8) is 0 Å². The molecule has 0 aromatic carbocycles. The molecular weight excluding hydrogens is 300 g/mol. The molecule has 0 heterocycles. The quantitative estimate of drug-likeness (QED) is 0.167. The van der Waals surface area contributed by atoms with Crippen molar-refractivity contribution in [2.45, 2.75) is 123 Å². The van der Waals surface area contributed by atoms with Gasteiger partial charge < -0.3 is 4.74 Å². The van der Waals surface area contributed by atoms with Gasteiger partial charge >= 0.3 is 11.9 Å². The van der Waals surface area contributed by atoms with Gasteiger partial charge in [-0.2, -0.15) is 0 Å². The summed E-state index contributed by atoms with van der Waals surface area (Å²) < 4.78 is 4.88. The summed E-state index contributed by atoms with van der Waals surface area (Å²) in [4.78, 5) is 23.2. The van der Waals surface area contributed by atoms with Crippen LogP contribution < -0.4 is 0 Å². The molecule has 0 aliphatic carbocycles. The average molecular weight is 341 g/mol. The molecule has 0 spiro atoms. The van der Waals surface area contributed by atoms with Crippen molar-refractivity contribution in [3.8, 4) is 0 Å². The fraction of sp³-hybridized carbons (Fsp3) is 0.905. The number of unbranched alkanes of at least 4 members (excludes halogenated alkanes) is 13. The Morgan fingerprint density at radius 2 is 0.792 bits per heavy atom. The summed E-state index contributed by atoms with van der Waals surface area (Å²) in [6.45, 7) is 4.43. The average Bonchev–Trinajstić information content (AvgIpc) is 2.56. The Hall–Kier alpha value is -0.860. The molecule has 24 heavy (non-hydrogen) atoms. The molecule has 0 aromatic rings. The highest BCUT2D eigenvalue weighted by Gasteiger charge is 2.09. The van der Waals surface area contributed by atoms with Crippen LogP contribution in [0.25, 0.3) is 0 Å². The molecule has 0 bridgehead atoms. The highest BCUT2D eigenvalue weighted by molar-refractivity contribution is 5.85. The third-order valence-electron chi connectivity index (χ3n) is 4.45. The van der Waals surface area contributed by atoms with Crippen LogP contribution in [0.2, 0.25) is 0 Å². The van der Waals surface area contributed by atoms with E-state index >= 15 is 0 Å². The third kappa shape index (κ3) is 17.5. The first-order chi connectivity index (χ1) is 11.7. The molecule has 0 rings (SSSR count). The van der Waals surface area contributed by atoms with E-state index in [1.807, 2.05) is 0 Å². The first kappa shape index (κ1) is 23.1. The van der Waals surface area contributed by atoms with Crippen LogP contribution in [0.15, 0.2) is 0 Å². The Labute approximate surface area is 149 Å². The molecule has 3 nitrogen and oxygen atoms in total. The van der Waals surface area contributed by atoms with Crippen LogP contribution in [-0.2, 0) is 14.3 Å². The fourth-order valence-electron chi connectivity index (χ4n) is 2.86. The SMILES string of the molecule is CCCCCCCCCCC(=O)OC(=O)CCCCCCCCC. The number of ether oxygens (including phenoxy) is 1. The molecule has 0 radical (unpaired) electrons. The molecule has 0 saturated carbocycles. The maximum absolute atomic E-state index is 11.6. The van der Waals surface area contributed by atoms with Crippen LogP contribution in [0, 0.1) is 0 Å². The van der Waals surface area contributed by atoms with Crippen LogP contribution in [-0.4, -0.2) is 11.9 Å². The summed E-state index contributed by atoms with van der Waals surface area (Å²) in [6, 6.07) is 0. The van der Waals surface area contributed by atoms with E-state index < -0.39 is 0 Å². The lowest BCUT2D eigenvalue weighted by molar-refractivity contribution is -0.159. The zero-order valence-electron chi connectivity index (χ0n) is 16.2. The monoisotopic (exact) mass is 340 g/mol. The predicted octanol–water partition coefficient (Wildman–Crippen LogP) is 6.73. The van der Waals surface area contributed by atoms with E-state index in [1.165, 1.54) is 70.6 Å². The summed E-state index contributed by atoms with van der Waals surface area (Å²) in [6.07, 6.45) is 18.5. The maximum atomic E-state index is 11.6. The largest absolute Gasteiger partial charge is 0.393 e. The number of carbonyl (C=O) groups excluding carboxylic acids is 2. The van der Waals surface area contributed by atoms with E-state index in [9.17, 15) is 9.59 Å². The number of esters is 2. The lowest BCUT2D eigenvalue weighted by atomic mass is 10.1. The Kier molecular flexibility index (Phi) is 17.8. The molecule has 0 aliphatic rings. The molecule has 3 heteroatoms. The van der Waals surface area contributed by atoms with Crippen LogP contribution in [0.4, 0.5) is 0 Å². The molecule has 142 valence electrons. The summed E-state index contributed by atoms with van der Waals surface area (Å²) in [5, 5.41) is 0. The molecule has 0 amide bonds. The summed E-state index contributed by atoms with van der Waals surface area (Å²) >= 11 is 0. The summed E-state index contributed by atoms with van der Waals surface area (Å²) in [7, 11) is 0. The molecule has 0 fully saturated rings. The second kappa shape index (κ2) is 18.5. The number of carbonyl (C=O) groups is 2. The topological polar surface area (TPSA) is 43.4 Å². The minimum atomic E-state index is -0.340. The Morgan fingerprint density at radius 3 is 1.12 bits per heavy atom. The van der Waals surface area contributed by atoms with Gasteiger partial charge in [-0.15, -0.1) is 0 Å². The van der Waals surface area contributed by atoms with Gasteiger partial charge in [0, 0.05) is 12.8 Å². The van der Waals surface area contributed by atoms with E-state index in [1.54, 1.807) is 0 Å². The molecule has 0 N–H and O–H groups in total. The van der Waals surface area contributed by atoms with Gasteiger partial charge in [0.2, 0.25) is 0 Å². The second-order valence-electron chi connectivity index (χ2n) is 6.94. The molecule has 0 saturated heterocycles. The molecule has 0 atom stereocenters. The van der Waals surface area contributed by atoms with Crippen molar-refractivity contribution in [1.82, 2.24) is 0 Å². The van der Waals surface area contributed by atoms with Gasteiger partial charge in [-0.05, 0) is 12.8 Å². The second-order valence-corrected chi connectivity index (χ2v) is 6.94. The van der Waals surface area contributed by atoms with Gasteiger partial charge in [-0.25, -0.2) is 0 Å². The smallest absolute Gasteiger partial charge is 0.313 e. The van der Waals surface area contributed by atoms with Crippen molar-refractivity contribution in [1.29, 1.82) is 0 Å². The number of hydrogen-bond acceptors (Lipinski definition) is 3. The zero-order chi connectivity index (χ0) is 17.9. The van der Waals surface area contributed by atoms with Crippen LogP contribution >= 0.6 is 0 Å². The maximum Gasteiger partial charge on any atom is 0.313 e. The lowest BCUT2D eigenvalue weighted by Gasteiger charge is -2.04. The van der Waals surface area contributed by atoms with Gasteiger partial charge in [0.15, 0.2) is 0 Å². The van der Waals surface area contributed by atoms with Gasteiger partial charge in [0.25, 0.3) is 0 Å². The lowest BCUT2D eigenvalue weighted by Crippen LogP contribution is -2.11. The third-order valence-corrected chi connectivity index (χ3v) is 4.45. The van der Waals surface area contributed by atoms with E-state index in [-0.39, 0.29) is 11.9 Å². The van der Waals surface area contributed by atoms with E-state index in [0.717, 1.165) is 25.7 Å². The number of hydrogen-bond donors (Lipinski definition) is 0. The van der Waals surface area contributed by atoms with Crippen molar-refractivity contribution in [2.24, 2.45) is 0 Å². The molecular formula is C21H40O3. The highest BCUT2D eigenvalue weighted by Crippen LogP contribution is 2.11. The standard InChI is InChI=1S/C21H40O3/c1-3-5-7-9-11-13-15-17-19-21(23)24-20(22)18-16-14-12-10-8-6-4-2/h3-19H2,1-2H3. The first-order valence-electron chi connectivity index (χ1n) is 10.4. The van der Waals surface area contributed by atoms with E-state index in [0.29, 0.717) is 12.8 Å². The van der Waals surface area contributed by atoms with Gasteiger partial charge in [0.1, 0.15) is 0 Å². The van der Waals surface area contributed by atoms with Crippen molar-refractivity contribution in [3.05, 3.63) is 0 Å². The molecule has 0 aliphatic heterocycles. The zero-order valence-corrected chi connectivity index (χ0v) is 16.2. The highest BCUT2D eigenvalue weighted by atomic mass is 16.6. The Morgan fingerprint density at radius 1 is 0.500 bits per heavy atom. The Balaban J connectivity index is 3.35. The Bertz CT molecular complexity index is 299. The summed E-state index contributed by atoms with van der Waals surface area (Å²) in [5.74, 6) is -0.679. The minimum absolute atomic E-state index is 0.339. The van der Waals surface area contributed by atoms with Gasteiger partial charge in [0.05, 0.1) is 0 Å². The van der Waals surface area contributed by atoms with Crippen molar-refractivity contribution in [2.75, 3.05) is 0 Å². The molecule has 0 unspecified atom stereocenters. The van der Waals surface area contributed by atoms with Crippen molar-refractivity contribution >= 4 is 11.9 Å². The fourth-order valence-corrected chi connectivity index (χ4v) is 2.86. The van der Waals surface area contributed by atoms with Crippen LogP contribution in [0.5, 0.6) is 0 Å². The normalized spacial score (nSPS) is 10.8.